The van der Waals surface area contributed by atoms with Gasteiger partial charge in [-0.2, -0.15) is 0 Å². The molecule has 0 saturated heterocycles. The predicted molar refractivity (Wildman–Crippen MR) is 94.6 cm³/mol. The topological polar surface area (TPSA) is 83.5 Å². The van der Waals surface area contributed by atoms with Gasteiger partial charge in [-0.15, -0.1) is 0 Å². The van der Waals surface area contributed by atoms with Gasteiger partial charge in [-0.3, -0.25) is 9.52 Å². The number of carboxylic acids is 1. The summed E-state index contributed by atoms with van der Waals surface area (Å²) in [6, 6.07) is 9.28. The zero-order chi connectivity index (χ0) is 19.5. The van der Waals surface area contributed by atoms with Crippen molar-refractivity contribution in [1.82, 2.24) is 0 Å². The largest absolute Gasteiger partial charge is 0.481 e. The number of hydrogen-bond acceptors (Lipinski definition) is 3. The second-order valence-electron chi connectivity index (χ2n) is 6.38. The summed E-state index contributed by atoms with van der Waals surface area (Å²) in [5.41, 5.74) is -0.637. The van der Waals surface area contributed by atoms with Gasteiger partial charge in [0, 0.05) is 11.3 Å². The minimum Gasteiger partial charge on any atom is -0.481 e. The summed E-state index contributed by atoms with van der Waals surface area (Å²) in [5, 5.41) is 9.20. The maximum absolute atomic E-state index is 13.6. The lowest BCUT2D eigenvalue weighted by Crippen LogP contribution is -2.28. The summed E-state index contributed by atoms with van der Waals surface area (Å²) in [5.74, 6) is -3.08. The van der Waals surface area contributed by atoms with Gasteiger partial charge in [0.2, 0.25) is 10.0 Å². The molecule has 2 aromatic carbocycles. The van der Waals surface area contributed by atoms with Crippen LogP contribution >= 0.6 is 0 Å². The maximum atomic E-state index is 13.6. The fourth-order valence-electron chi connectivity index (χ4n) is 2.32. The number of nitrogens with one attached hydrogen (secondary N) is 1. The molecule has 0 radical (unpaired) electrons. The van der Waals surface area contributed by atoms with Crippen molar-refractivity contribution in [2.45, 2.75) is 25.7 Å². The molecule has 0 spiro atoms. The quantitative estimate of drug-likeness (QED) is 0.768. The second-order valence-corrected chi connectivity index (χ2v) is 8.22. The fraction of sp³-hybridized carbons (Fsp3) is 0.278. The van der Waals surface area contributed by atoms with Crippen LogP contribution in [0.3, 0.4) is 0 Å². The van der Waals surface area contributed by atoms with E-state index in [-0.39, 0.29) is 17.7 Å². The van der Waals surface area contributed by atoms with Crippen LogP contribution < -0.4 is 4.72 Å². The lowest BCUT2D eigenvalue weighted by Gasteiger charge is -2.20. The average molecular weight is 383 g/mol. The van der Waals surface area contributed by atoms with Crippen LogP contribution in [0.2, 0.25) is 0 Å². The fourth-order valence-corrected chi connectivity index (χ4v) is 3.39. The van der Waals surface area contributed by atoms with Gasteiger partial charge in [-0.25, -0.2) is 17.2 Å². The van der Waals surface area contributed by atoms with Crippen molar-refractivity contribution < 1.29 is 27.1 Å². The summed E-state index contributed by atoms with van der Waals surface area (Å²) in [6.07, 6.45) is -0.308. The molecule has 5 nitrogen and oxygen atoms in total. The zero-order valence-electron chi connectivity index (χ0n) is 14.3. The third-order valence-electron chi connectivity index (χ3n) is 4.10. The molecule has 0 bridgehead atoms. The lowest BCUT2D eigenvalue weighted by molar-refractivity contribution is -0.142. The minimum absolute atomic E-state index is 0.240. The molecule has 2 aromatic rings. The van der Waals surface area contributed by atoms with E-state index in [4.69, 9.17) is 0 Å². The smallest absolute Gasteiger partial charge is 0.313 e. The summed E-state index contributed by atoms with van der Waals surface area (Å²) >= 11 is 0. The Bertz CT molecular complexity index is 889. The number of hydrogen-bond donors (Lipinski definition) is 2. The third-order valence-corrected chi connectivity index (χ3v) is 5.39. The van der Waals surface area contributed by atoms with Gasteiger partial charge in [0.25, 0.3) is 0 Å². The summed E-state index contributed by atoms with van der Waals surface area (Å²) < 4.78 is 53.7. The summed E-state index contributed by atoms with van der Waals surface area (Å²) in [6.45, 7) is 3.08. The molecule has 0 amide bonds. The number of halogens is 2. The van der Waals surface area contributed by atoms with Crippen LogP contribution in [0, 0.1) is 11.6 Å². The van der Waals surface area contributed by atoms with Crippen molar-refractivity contribution in [3.05, 3.63) is 65.2 Å². The highest BCUT2D eigenvalue weighted by molar-refractivity contribution is 7.92. The monoisotopic (exact) mass is 383 g/mol. The molecule has 0 atom stereocenters. The highest BCUT2D eigenvalue weighted by Gasteiger charge is 2.29. The number of benzene rings is 2. The summed E-state index contributed by atoms with van der Waals surface area (Å²) in [7, 11) is -3.83. The van der Waals surface area contributed by atoms with Crippen molar-refractivity contribution in [3.63, 3.8) is 0 Å². The van der Waals surface area contributed by atoms with Gasteiger partial charge in [0.05, 0.1) is 11.2 Å². The van der Waals surface area contributed by atoms with Gasteiger partial charge < -0.3 is 5.11 Å². The van der Waals surface area contributed by atoms with Gasteiger partial charge in [-0.05, 0) is 50.1 Å². The highest BCUT2D eigenvalue weighted by atomic mass is 32.2. The first kappa shape index (κ1) is 19.8. The maximum Gasteiger partial charge on any atom is 0.313 e. The molecule has 0 unspecified atom stereocenters. The van der Waals surface area contributed by atoms with Crippen molar-refractivity contribution in [2.75, 3.05) is 10.5 Å². The molecule has 0 heterocycles. The molecule has 0 aliphatic heterocycles. The molecule has 0 aliphatic carbocycles. The molecule has 0 aromatic heterocycles. The van der Waals surface area contributed by atoms with Crippen LogP contribution in [0.15, 0.2) is 42.5 Å². The van der Waals surface area contributed by atoms with Gasteiger partial charge in [-0.1, -0.05) is 18.2 Å². The SMILES string of the molecule is CC(C)(C(=O)O)c1ccc(NS(=O)(=O)CCc2c(F)cccc2F)cc1. The Hall–Kier alpha value is -2.48. The van der Waals surface area contributed by atoms with Crippen molar-refractivity contribution in [1.29, 1.82) is 0 Å². The second kappa shape index (κ2) is 7.41. The van der Waals surface area contributed by atoms with Crippen LogP contribution in [-0.4, -0.2) is 25.2 Å². The van der Waals surface area contributed by atoms with Gasteiger partial charge in [0.15, 0.2) is 0 Å². The van der Waals surface area contributed by atoms with Crippen molar-refractivity contribution in [3.8, 4) is 0 Å². The van der Waals surface area contributed by atoms with E-state index in [1.54, 1.807) is 0 Å². The number of sulfonamides is 1. The Labute approximate surface area is 150 Å². The third kappa shape index (κ3) is 4.57. The van der Waals surface area contributed by atoms with E-state index < -0.39 is 38.8 Å². The number of carboxylic acid groups (broad SMARTS) is 1. The van der Waals surface area contributed by atoms with Gasteiger partial charge in [0.1, 0.15) is 11.6 Å². The molecule has 2 N–H and O–H groups in total. The number of rotatable bonds is 7. The van der Waals surface area contributed by atoms with Crippen LogP contribution in [0.1, 0.15) is 25.0 Å². The van der Waals surface area contributed by atoms with E-state index in [9.17, 15) is 27.1 Å². The van der Waals surface area contributed by atoms with Crippen molar-refractivity contribution in [2.24, 2.45) is 0 Å². The van der Waals surface area contributed by atoms with E-state index in [0.29, 0.717) is 5.56 Å². The normalized spacial score (nSPS) is 12.0. The first-order chi connectivity index (χ1) is 12.0. The van der Waals surface area contributed by atoms with E-state index in [0.717, 1.165) is 12.1 Å². The van der Waals surface area contributed by atoms with Crippen molar-refractivity contribution >= 4 is 21.7 Å². The van der Waals surface area contributed by atoms with E-state index in [1.165, 1.54) is 44.2 Å². The Kier molecular flexibility index (Phi) is 5.65. The molecule has 26 heavy (non-hydrogen) atoms. The van der Waals surface area contributed by atoms with Crippen LogP contribution in [0.5, 0.6) is 0 Å². The molecule has 140 valence electrons. The Morgan fingerprint density at radius 3 is 2.12 bits per heavy atom. The van der Waals surface area contributed by atoms with E-state index >= 15 is 0 Å². The number of carbonyl (C=O) groups is 1. The van der Waals surface area contributed by atoms with Gasteiger partial charge >= 0.3 is 5.97 Å². The molecule has 0 fully saturated rings. The molecule has 2 rings (SSSR count). The molecular weight excluding hydrogens is 364 g/mol. The molecule has 0 saturated carbocycles. The average Bonchev–Trinajstić information content (AvgIpc) is 2.54. The first-order valence-electron chi connectivity index (χ1n) is 7.80. The van der Waals surface area contributed by atoms with Crippen LogP contribution in [0.4, 0.5) is 14.5 Å². The Balaban J connectivity index is 2.09. The highest BCUT2D eigenvalue weighted by Crippen LogP contribution is 2.25. The van der Waals surface area contributed by atoms with Crippen LogP contribution in [-0.2, 0) is 26.7 Å². The van der Waals surface area contributed by atoms with Crippen LogP contribution in [0.25, 0.3) is 0 Å². The summed E-state index contributed by atoms with van der Waals surface area (Å²) in [4.78, 5) is 11.2. The molecule has 8 heteroatoms. The minimum atomic E-state index is -3.83. The number of anilines is 1. The standard InChI is InChI=1S/C18H19F2NO4S/c1-18(2,17(22)23)12-6-8-13(9-7-12)21-26(24,25)11-10-14-15(19)4-3-5-16(14)20/h3-9,21H,10-11H2,1-2H3,(H,22,23). The molecule has 0 aliphatic rings. The predicted octanol–water partition coefficient (Wildman–Crippen LogP) is 3.31. The number of aliphatic carboxylic acids is 1. The molecular formula is C18H19F2NO4S. The first-order valence-corrected chi connectivity index (χ1v) is 9.45. The lowest BCUT2D eigenvalue weighted by atomic mass is 9.85. The Morgan fingerprint density at radius 2 is 1.62 bits per heavy atom. The Morgan fingerprint density at radius 1 is 1.08 bits per heavy atom. The van der Waals surface area contributed by atoms with E-state index in [2.05, 4.69) is 4.72 Å². The zero-order valence-corrected chi connectivity index (χ0v) is 15.1. The van der Waals surface area contributed by atoms with E-state index in [1.807, 2.05) is 0 Å².